The number of amides is 2. The van der Waals surface area contributed by atoms with Crippen LogP contribution in [0, 0.1) is 5.92 Å². The van der Waals surface area contributed by atoms with E-state index >= 15 is 0 Å². The lowest BCUT2D eigenvalue weighted by molar-refractivity contribution is -0.141. The van der Waals surface area contributed by atoms with Crippen molar-refractivity contribution in [2.45, 2.75) is 64.0 Å². The second kappa shape index (κ2) is 6.91. The summed E-state index contributed by atoms with van der Waals surface area (Å²) in [5.74, 6) is -1.05. The summed E-state index contributed by atoms with van der Waals surface area (Å²) < 4.78 is 0. The van der Waals surface area contributed by atoms with Crippen LogP contribution in [0.4, 0.5) is 0 Å². The van der Waals surface area contributed by atoms with Gasteiger partial charge in [0.2, 0.25) is 11.8 Å². The number of likely N-dealkylation sites (tertiary alicyclic amines) is 1. The van der Waals surface area contributed by atoms with Crippen LogP contribution in [0.5, 0.6) is 0 Å². The van der Waals surface area contributed by atoms with Gasteiger partial charge < -0.3 is 15.3 Å². The van der Waals surface area contributed by atoms with Crippen LogP contribution in [0.15, 0.2) is 0 Å². The molecule has 2 N–H and O–H groups in total. The van der Waals surface area contributed by atoms with Crippen molar-refractivity contribution in [1.82, 2.24) is 10.2 Å². The molecule has 0 aromatic heterocycles. The minimum Gasteiger partial charge on any atom is -0.481 e. The van der Waals surface area contributed by atoms with Gasteiger partial charge in [0.25, 0.3) is 0 Å². The molecule has 1 saturated carbocycles. The van der Waals surface area contributed by atoms with Crippen LogP contribution in [0.1, 0.15) is 51.9 Å². The molecule has 6 nitrogen and oxygen atoms in total. The van der Waals surface area contributed by atoms with Crippen LogP contribution in [-0.4, -0.2) is 46.4 Å². The quantitative estimate of drug-likeness (QED) is 0.796. The molecule has 6 heteroatoms. The van der Waals surface area contributed by atoms with Crippen LogP contribution in [0.2, 0.25) is 0 Å². The average Bonchev–Trinajstić information content (AvgIpc) is 3.07. The van der Waals surface area contributed by atoms with E-state index in [2.05, 4.69) is 5.32 Å². The molecule has 0 aromatic rings. The van der Waals surface area contributed by atoms with E-state index in [1.54, 1.807) is 11.8 Å². The predicted octanol–water partition coefficient (Wildman–Crippen LogP) is 1.15. The Hall–Kier alpha value is -1.59. The number of carbonyl (C=O) groups excluding carboxylic acids is 2. The first-order valence-corrected chi connectivity index (χ1v) is 7.81. The maximum absolute atomic E-state index is 12.4. The summed E-state index contributed by atoms with van der Waals surface area (Å²) in [4.78, 5) is 36.9. The minimum absolute atomic E-state index is 0.0188. The van der Waals surface area contributed by atoms with Gasteiger partial charge in [-0.25, -0.2) is 0 Å². The Balaban J connectivity index is 1.88. The van der Waals surface area contributed by atoms with Gasteiger partial charge >= 0.3 is 5.97 Å². The summed E-state index contributed by atoms with van der Waals surface area (Å²) in [5.41, 5.74) is 0. The second-order valence-corrected chi connectivity index (χ2v) is 6.14. The number of nitrogens with one attached hydrogen (secondary N) is 1. The molecule has 21 heavy (non-hydrogen) atoms. The Morgan fingerprint density at radius 1 is 1.19 bits per heavy atom. The van der Waals surface area contributed by atoms with Crippen molar-refractivity contribution >= 4 is 17.8 Å². The Labute approximate surface area is 124 Å². The molecule has 2 atom stereocenters. The normalized spacial score (nSPS) is 24.0. The third-order valence-corrected chi connectivity index (χ3v) is 4.53. The molecule has 2 fully saturated rings. The van der Waals surface area contributed by atoms with E-state index in [-0.39, 0.29) is 30.2 Å². The zero-order valence-corrected chi connectivity index (χ0v) is 12.5. The van der Waals surface area contributed by atoms with Crippen molar-refractivity contribution in [1.29, 1.82) is 0 Å². The van der Waals surface area contributed by atoms with Gasteiger partial charge in [-0.2, -0.15) is 0 Å². The zero-order chi connectivity index (χ0) is 15.4. The highest BCUT2D eigenvalue weighted by atomic mass is 16.4. The van der Waals surface area contributed by atoms with E-state index in [4.69, 9.17) is 5.11 Å². The maximum Gasteiger partial charge on any atom is 0.305 e. The highest BCUT2D eigenvalue weighted by Crippen LogP contribution is 2.25. The van der Waals surface area contributed by atoms with Gasteiger partial charge in [-0.15, -0.1) is 0 Å². The van der Waals surface area contributed by atoms with Gasteiger partial charge in [-0.3, -0.25) is 14.4 Å². The lowest BCUT2D eigenvalue weighted by Gasteiger charge is -2.27. The number of carboxylic acid groups (broad SMARTS) is 1. The first-order chi connectivity index (χ1) is 9.99. The molecule has 118 valence electrons. The lowest BCUT2D eigenvalue weighted by atomic mass is 10.1. The van der Waals surface area contributed by atoms with Crippen molar-refractivity contribution in [3.63, 3.8) is 0 Å². The summed E-state index contributed by atoms with van der Waals surface area (Å²) in [7, 11) is 0. The van der Waals surface area contributed by atoms with Gasteiger partial charge in [-0.1, -0.05) is 12.8 Å². The topological polar surface area (TPSA) is 86.7 Å². The minimum atomic E-state index is -0.887. The predicted molar refractivity (Wildman–Crippen MR) is 76.6 cm³/mol. The number of rotatable bonds is 5. The summed E-state index contributed by atoms with van der Waals surface area (Å²) in [5, 5.41) is 11.7. The molecule has 2 amide bonds. The molecule has 2 aliphatic rings. The molecule has 1 aliphatic carbocycles. The molecule has 1 heterocycles. The molecular formula is C15H24N2O4. The molecule has 2 unspecified atom stereocenters. The van der Waals surface area contributed by atoms with Crippen LogP contribution >= 0.6 is 0 Å². The Bertz CT molecular complexity index is 418. The van der Waals surface area contributed by atoms with Crippen molar-refractivity contribution < 1.29 is 19.5 Å². The molecule has 1 saturated heterocycles. The SMILES string of the molecule is CC(NC(=O)C1CCCC1)C(=O)N1CCCC1CC(=O)O. The van der Waals surface area contributed by atoms with Crippen molar-refractivity contribution in [2.24, 2.45) is 5.92 Å². The Kier molecular flexibility index (Phi) is 5.20. The number of carboxylic acids is 1. The first kappa shape index (κ1) is 15.8. The van der Waals surface area contributed by atoms with Crippen LogP contribution in [0.25, 0.3) is 0 Å². The highest BCUT2D eigenvalue weighted by molar-refractivity contribution is 5.88. The number of hydrogen-bond acceptors (Lipinski definition) is 3. The van der Waals surface area contributed by atoms with Crippen molar-refractivity contribution in [3.05, 3.63) is 0 Å². The number of nitrogens with zero attached hydrogens (tertiary/aromatic N) is 1. The van der Waals surface area contributed by atoms with Crippen molar-refractivity contribution in [2.75, 3.05) is 6.54 Å². The van der Waals surface area contributed by atoms with Crippen LogP contribution in [-0.2, 0) is 14.4 Å². The smallest absolute Gasteiger partial charge is 0.305 e. The molecule has 2 rings (SSSR count). The molecule has 0 aromatic carbocycles. The molecule has 1 aliphatic heterocycles. The second-order valence-electron chi connectivity index (χ2n) is 6.14. The van der Waals surface area contributed by atoms with Gasteiger partial charge in [0.05, 0.1) is 6.42 Å². The average molecular weight is 296 g/mol. The zero-order valence-electron chi connectivity index (χ0n) is 12.5. The number of carbonyl (C=O) groups is 3. The first-order valence-electron chi connectivity index (χ1n) is 7.81. The van der Waals surface area contributed by atoms with Gasteiger partial charge in [0.15, 0.2) is 0 Å². The summed E-state index contributed by atoms with van der Waals surface area (Å²) in [6, 6.07) is -0.812. The van der Waals surface area contributed by atoms with Gasteiger partial charge in [-0.05, 0) is 32.6 Å². The lowest BCUT2D eigenvalue weighted by Crippen LogP contribution is -2.50. The standard InChI is InChI=1S/C15H24N2O4/c1-10(16-14(20)11-5-2-3-6-11)15(21)17-8-4-7-12(17)9-13(18)19/h10-12H,2-9H2,1H3,(H,16,20)(H,18,19). The monoisotopic (exact) mass is 296 g/mol. The largest absolute Gasteiger partial charge is 0.481 e. The number of aliphatic carboxylic acids is 1. The van der Waals surface area contributed by atoms with Gasteiger partial charge in [0, 0.05) is 18.5 Å². The molecule has 0 radical (unpaired) electrons. The fourth-order valence-electron chi connectivity index (χ4n) is 3.37. The Morgan fingerprint density at radius 2 is 1.86 bits per heavy atom. The molecular weight excluding hydrogens is 272 g/mol. The van der Waals surface area contributed by atoms with E-state index in [9.17, 15) is 14.4 Å². The summed E-state index contributed by atoms with van der Waals surface area (Å²) in [6.45, 7) is 2.27. The van der Waals surface area contributed by atoms with E-state index in [0.29, 0.717) is 6.54 Å². The Morgan fingerprint density at radius 3 is 2.48 bits per heavy atom. The van der Waals surface area contributed by atoms with E-state index < -0.39 is 12.0 Å². The number of hydrogen-bond donors (Lipinski definition) is 2. The molecule has 0 bridgehead atoms. The van der Waals surface area contributed by atoms with Crippen molar-refractivity contribution in [3.8, 4) is 0 Å². The highest BCUT2D eigenvalue weighted by Gasteiger charge is 2.34. The third kappa shape index (κ3) is 3.95. The molecule has 0 spiro atoms. The fraction of sp³-hybridized carbons (Fsp3) is 0.800. The summed E-state index contributed by atoms with van der Waals surface area (Å²) >= 11 is 0. The third-order valence-electron chi connectivity index (χ3n) is 4.53. The fourth-order valence-corrected chi connectivity index (χ4v) is 3.37. The van der Waals surface area contributed by atoms with E-state index in [0.717, 1.165) is 38.5 Å². The van der Waals surface area contributed by atoms with E-state index in [1.807, 2.05) is 0 Å². The summed E-state index contributed by atoms with van der Waals surface area (Å²) in [6.07, 6.45) is 5.49. The van der Waals surface area contributed by atoms with Crippen LogP contribution < -0.4 is 5.32 Å². The van der Waals surface area contributed by atoms with Crippen LogP contribution in [0.3, 0.4) is 0 Å². The maximum atomic E-state index is 12.4. The van der Waals surface area contributed by atoms with E-state index in [1.165, 1.54) is 0 Å². The van der Waals surface area contributed by atoms with Gasteiger partial charge in [0.1, 0.15) is 6.04 Å².